The fraction of sp³-hybridized carbons (Fsp3) is 0.286. The summed E-state index contributed by atoms with van der Waals surface area (Å²) in [6.45, 7) is 1.89. The molecule has 0 saturated carbocycles. The van der Waals surface area contributed by atoms with Gasteiger partial charge in [0.05, 0.1) is 0 Å². The molecule has 0 saturated heterocycles. The quantitative estimate of drug-likeness (QED) is 0.867. The van der Waals surface area contributed by atoms with E-state index in [0.717, 1.165) is 16.0 Å². The highest BCUT2D eigenvalue weighted by Gasteiger charge is 2.12. The van der Waals surface area contributed by atoms with Crippen LogP contribution in [0.3, 0.4) is 0 Å². The maximum Gasteiger partial charge on any atom is 0.228 e. The van der Waals surface area contributed by atoms with Crippen molar-refractivity contribution in [3.05, 3.63) is 46.5 Å². The number of furan rings is 1. The van der Waals surface area contributed by atoms with Gasteiger partial charge in [-0.2, -0.15) is 0 Å². The number of hydrogen-bond donors (Lipinski definition) is 0. The van der Waals surface area contributed by atoms with Crippen molar-refractivity contribution in [2.45, 2.75) is 19.8 Å². The van der Waals surface area contributed by atoms with Crippen LogP contribution in [0.1, 0.15) is 17.9 Å². The average molecular weight is 323 g/mol. The lowest BCUT2D eigenvalue weighted by atomic mass is 10.2. The van der Waals surface area contributed by atoms with Crippen molar-refractivity contribution in [3.8, 4) is 0 Å². The SMILES string of the molecule is Cc1ccc(CCC(=O)N(C)c2ccc(Br)cn2)o1. The summed E-state index contributed by atoms with van der Waals surface area (Å²) in [5.74, 6) is 2.36. The molecule has 4 nitrogen and oxygen atoms in total. The highest BCUT2D eigenvalue weighted by Crippen LogP contribution is 2.15. The number of anilines is 1. The fourth-order valence-electron chi connectivity index (χ4n) is 1.71. The van der Waals surface area contributed by atoms with Gasteiger partial charge < -0.3 is 4.42 Å². The molecule has 100 valence electrons. The van der Waals surface area contributed by atoms with Crippen molar-refractivity contribution in [1.82, 2.24) is 4.98 Å². The molecule has 2 heterocycles. The summed E-state index contributed by atoms with van der Waals surface area (Å²) in [4.78, 5) is 17.8. The first-order valence-corrected chi connectivity index (χ1v) is 6.79. The van der Waals surface area contributed by atoms with Crippen LogP contribution in [-0.4, -0.2) is 17.9 Å². The molecule has 1 amide bonds. The van der Waals surface area contributed by atoms with Crippen LogP contribution in [0.15, 0.2) is 39.4 Å². The summed E-state index contributed by atoms with van der Waals surface area (Å²) >= 11 is 3.32. The van der Waals surface area contributed by atoms with Crippen LogP contribution in [0, 0.1) is 6.92 Å². The van der Waals surface area contributed by atoms with Gasteiger partial charge in [0.15, 0.2) is 0 Å². The van der Waals surface area contributed by atoms with E-state index >= 15 is 0 Å². The van der Waals surface area contributed by atoms with E-state index in [1.54, 1.807) is 24.2 Å². The van der Waals surface area contributed by atoms with Gasteiger partial charge in [-0.3, -0.25) is 9.69 Å². The Hall–Kier alpha value is -1.62. The van der Waals surface area contributed by atoms with Crippen molar-refractivity contribution in [2.75, 3.05) is 11.9 Å². The number of halogens is 1. The first-order chi connectivity index (χ1) is 9.06. The Morgan fingerprint density at radius 3 is 2.74 bits per heavy atom. The van der Waals surface area contributed by atoms with E-state index in [9.17, 15) is 4.79 Å². The molecule has 5 heteroatoms. The number of pyridine rings is 1. The van der Waals surface area contributed by atoms with Gasteiger partial charge in [0.1, 0.15) is 17.3 Å². The zero-order chi connectivity index (χ0) is 13.8. The zero-order valence-electron chi connectivity index (χ0n) is 10.9. The van der Waals surface area contributed by atoms with E-state index in [1.165, 1.54) is 0 Å². The van der Waals surface area contributed by atoms with Gasteiger partial charge >= 0.3 is 0 Å². The molecule has 2 aromatic rings. The van der Waals surface area contributed by atoms with Gasteiger partial charge in [-0.15, -0.1) is 0 Å². The molecule has 0 aliphatic rings. The lowest BCUT2D eigenvalue weighted by Gasteiger charge is -2.15. The van der Waals surface area contributed by atoms with Crippen LogP contribution in [0.4, 0.5) is 5.82 Å². The molecule has 0 atom stereocenters. The first-order valence-electron chi connectivity index (χ1n) is 5.99. The predicted octanol–water partition coefficient (Wildman–Crippen LogP) is 3.34. The lowest BCUT2D eigenvalue weighted by molar-refractivity contribution is -0.118. The molecule has 0 aliphatic carbocycles. The van der Waals surface area contributed by atoms with Crippen LogP contribution in [0.5, 0.6) is 0 Å². The van der Waals surface area contributed by atoms with Crippen molar-refractivity contribution in [3.63, 3.8) is 0 Å². The third-order valence-electron chi connectivity index (χ3n) is 2.81. The molecular formula is C14H15BrN2O2. The Morgan fingerprint density at radius 1 is 1.37 bits per heavy atom. The summed E-state index contributed by atoms with van der Waals surface area (Å²) in [6.07, 6.45) is 2.68. The van der Waals surface area contributed by atoms with E-state index in [2.05, 4.69) is 20.9 Å². The monoisotopic (exact) mass is 322 g/mol. The van der Waals surface area contributed by atoms with Crippen LogP contribution in [-0.2, 0) is 11.2 Å². The summed E-state index contributed by atoms with van der Waals surface area (Å²) in [7, 11) is 1.73. The number of carbonyl (C=O) groups excluding carboxylic acids is 1. The van der Waals surface area contributed by atoms with E-state index in [1.807, 2.05) is 25.1 Å². The summed E-state index contributed by atoms with van der Waals surface area (Å²) < 4.78 is 6.33. The van der Waals surface area contributed by atoms with Gasteiger partial charge in [0, 0.05) is 30.6 Å². The van der Waals surface area contributed by atoms with Gasteiger partial charge in [0.2, 0.25) is 5.91 Å². The lowest BCUT2D eigenvalue weighted by Crippen LogP contribution is -2.27. The number of hydrogen-bond acceptors (Lipinski definition) is 3. The maximum atomic E-state index is 12.0. The fourth-order valence-corrected chi connectivity index (χ4v) is 1.95. The third kappa shape index (κ3) is 3.67. The molecule has 2 rings (SSSR count). The van der Waals surface area contributed by atoms with Gasteiger partial charge in [-0.05, 0) is 47.1 Å². The highest BCUT2D eigenvalue weighted by atomic mass is 79.9. The number of nitrogens with zero attached hydrogens (tertiary/aromatic N) is 2. The minimum atomic E-state index is 0.0175. The van der Waals surface area contributed by atoms with Crippen molar-refractivity contribution in [2.24, 2.45) is 0 Å². The van der Waals surface area contributed by atoms with Crippen LogP contribution in [0.25, 0.3) is 0 Å². The number of amides is 1. The molecule has 0 N–H and O–H groups in total. The van der Waals surface area contributed by atoms with Gasteiger partial charge in [-0.25, -0.2) is 4.98 Å². The van der Waals surface area contributed by atoms with Crippen LogP contribution < -0.4 is 4.90 Å². The number of aromatic nitrogens is 1. The Balaban J connectivity index is 1.94. The van der Waals surface area contributed by atoms with Crippen LogP contribution in [0.2, 0.25) is 0 Å². The zero-order valence-corrected chi connectivity index (χ0v) is 12.5. The average Bonchev–Trinajstić information content (AvgIpc) is 2.82. The minimum Gasteiger partial charge on any atom is -0.466 e. The van der Waals surface area contributed by atoms with Crippen molar-refractivity contribution >= 4 is 27.7 Å². The molecule has 19 heavy (non-hydrogen) atoms. The second-order valence-corrected chi connectivity index (χ2v) is 5.22. The molecular weight excluding hydrogens is 308 g/mol. The molecule has 0 unspecified atom stereocenters. The van der Waals surface area contributed by atoms with Crippen LogP contribution >= 0.6 is 15.9 Å². The summed E-state index contributed by atoms with van der Waals surface area (Å²) in [5.41, 5.74) is 0. The summed E-state index contributed by atoms with van der Waals surface area (Å²) in [6, 6.07) is 7.47. The molecule has 0 bridgehead atoms. The minimum absolute atomic E-state index is 0.0175. The van der Waals surface area contributed by atoms with Crippen molar-refractivity contribution < 1.29 is 9.21 Å². The second kappa shape index (κ2) is 6.02. The number of carbonyl (C=O) groups is 1. The number of rotatable bonds is 4. The molecule has 0 fully saturated rings. The molecule has 0 radical (unpaired) electrons. The Morgan fingerprint density at radius 2 is 2.16 bits per heavy atom. The smallest absolute Gasteiger partial charge is 0.228 e. The Kier molecular flexibility index (Phi) is 4.37. The largest absolute Gasteiger partial charge is 0.466 e. The van der Waals surface area contributed by atoms with E-state index in [4.69, 9.17) is 4.42 Å². The first kappa shape index (κ1) is 13.8. The molecule has 0 spiro atoms. The molecule has 2 aromatic heterocycles. The topological polar surface area (TPSA) is 46.3 Å². The molecule has 0 aliphatic heterocycles. The molecule has 0 aromatic carbocycles. The summed E-state index contributed by atoms with van der Waals surface area (Å²) in [5, 5.41) is 0. The predicted molar refractivity (Wildman–Crippen MR) is 77.1 cm³/mol. The van der Waals surface area contributed by atoms with Crippen molar-refractivity contribution in [1.29, 1.82) is 0 Å². The van der Waals surface area contributed by atoms with E-state index in [-0.39, 0.29) is 5.91 Å². The Labute approximate surface area is 120 Å². The normalized spacial score (nSPS) is 10.5. The van der Waals surface area contributed by atoms with E-state index < -0.39 is 0 Å². The Bertz CT molecular complexity index is 563. The van der Waals surface area contributed by atoms with E-state index in [0.29, 0.717) is 18.7 Å². The maximum absolute atomic E-state index is 12.0. The standard InChI is InChI=1S/C14H15BrN2O2/c1-10-3-5-12(19-10)6-8-14(18)17(2)13-7-4-11(15)9-16-13/h3-5,7,9H,6,8H2,1-2H3. The van der Waals surface area contributed by atoms with Gasteiger partial charge in [-0.1, -0.05) is 0 Å². The number of aryl methyl sites for hydroxylation is 2. The highest BCUT2D eigenvalue weighted by molar-refractivity contribution is 9.10. The van der Waals surface area contributed by atoms with Gasteiger partial charge in [0.25, 0.3) is 0 Å². The second-order valence-electron chi connectivity index (χ2n) is 4.30. The third-order valence-corrected chi connectivity index (χ3v) is 3.28.